The van der Waals surface area contributed by atoms with Gasteiger partial charge in [0.1, 0.15) is 0 Å². The molecule has 0 fully saturated rings. The lowest BCUT2D eigenvalue weighted by Crippen LogP contribution is -2.29. The first kappa shape index (κ1) is 16.7. The van der Waals surface area contributed by atoms with E-state index in [1.165, 1.54) is 11.0 Å². The zero-order chi connectivity index (χ0) is 16.2. The molecular weight excluding hydrogens is 293 g/mol. The Balaban J connectivity index is 2.79. The predicted octanol–water partition coefficient (Wildman–Crippen LogP) is 5.93. The molecule has 0 aliphatic carbocycles. The van der Waals surface area contributed by atoms with Gasteiger partial charge in [-0.05, 0) is 64.2 Å². The molecule has 120 valence electrons. The van der Waals surface area contributed by atoms with E-state index in [2.05, 4.69) is 26.4 Å². The number of benzene rings is 1. The maximum absolute atomic E-state index is 13.4. The molecule has 0 unspecified atom stereocenters. The summed E-state index contributed by atoms with van der Waals surface area (Å²) in [5.74, 6) is 0.975. The lowest BCUT2D eigenvalue weighted by Gasteiger charge is -2.46. The van der Waals surface area contributed by atoms with E-state index in [0.717, 1.165) is 17.7 Å². The van der Waals surface area contributed by atoms with Crippen molar-refractivity contribution in [3.63, 3.8) is 0 Å². The molecule has 0 spiro atoms. The van der Waals surface area contributed by atoms with E-state index in [0.29, 0.717) is 5.56 Å². The monoisotopic (exact) mass is 318 g/mol. The maximum Gasteiger partial charge on any atom is 0.416 e. The van der Waals surface area contributed by atoms with E-state index >= 15 is 0 Å². The minimum atomic E-state index is -4.28. The van der Waals surface area contributed by atoms with Crippen LogP contribution in [0.2, 0.25) is 0 Å². The van der Waals surface area contributed by atoms with Crippen molar-refractivity contribution in [3.8, 4) is 0 Å². The largest absolute Gasteiger partial charge is 0.416 e. The standard InChI is InChI=1S/C17H25F3S/c1-11(2)12-9-15-14(10-13(12)17(18,19)20)16(3,4)7-8-21(15,5)6/h9-11H,7-8H2,1-6H3. The molecule has 1 aliphatic heterocycles. The van der Waals surface area contributed by atoms with Gasteiger partial charge in [0.05, 0.1) is 5.56 Å². The van der Waals surface area contributed by atoms with Crippen LogP contribution < -0.4 is 0 Å². The van der Waals surface area contributed by atoms with Crippen LogP contribution in [-0.2, 0) is 11.6 Å². The van der Waals surface area contributed by atoms with E-state index in [-0.39, 0.29) is 11.3 Å². The van der Waals surface area contributed by atoms with Gasteiger partial charge in [0.25, 0.3) is 0 Å². The van der Waals surface area contributed by atoms with Gasteiger partial charge in [-0.1, -0.05) is 27.7 Å². The summed E-state index contributed by atoms with van der Waals surface area (Å²) in [6.45, 7) is 7.81. The Morgan fingerprint density at radius 2 is 1.71 bits per heavy atom. The highest BCUT2D eigenvalue weighted by Crippen LogP contribution is 2.60. The van der Waals surface area contributed by atoms with Crippen LogP contribution in [0, 0.1) is 0 Å². The van der Waals surface area contributed by atoms with Crippen molar-refractivity contribution in [3.05, 3.63) is 28.8 Å². The normalized spacial score (nSPS) is 22.0. The molecule has 0 radical (unpaired) electrons. The number of fused-ring (bicyclic) bond motifs is 1. The summed E-state index contributed by atoms with van der Waals surface area (Å²) in [5, 5.41) is 0. The fourth-order valence-electron chi connectivity index (χ4n) is 3.06. The topological polar surface area (TPSA) is 0 Å². The molecule has 0 amide bonds. The highest BCUT2D eigenvalue weighted by atomic mass is 32.3. The van der Waals surface area contributed by atoms with Gasteiger partial charge in [-0.2, -0.15) is 13.2 Å². The summed E-state index contributed by atoms with van der Waals surface area (Å²) >= 11 is 0. The highest BCUT2D eigenvalue weighted by Gasteiger charge is 2.40. The molecular formula is C17H25F3S. The molecule has 1 heterocycles. The summed E-state index contributed by atoms with van der Waals surface area (Å²) < 4.78 is 40.3. The molecule has 21 heavy (non-hydrogen) atoms. The van der Waals surface area contributed by atoms with Crippen molar-refractivity contribution >= 4 is 10.0 Å². The van der Waals surface area contributed by atoms with Gasteiger partial charge in [0.2, 0.25) is 0 Å². The van der Waals surface area contributed by atoms with Crippen molar-refractivity contribution in [1.82, 2.24) is 0 Å². The van der Waals surface area contributed by atoms with Crippen LogP contribution >= 0.6 is 10.0 Å². The molecule has 0 bridgehead atoms. The number of alkyl halides is 3. The second-order valence-corrected chi connectivity index (χ2v) is 11.4. The molecule has 1 aliphatic rings. The Hall–Kier alpha value is -0.640. The Bertz CT molecular complexity index is 554. The van der Waals surface area contributed by atoms with E-state index in [9.17, 15) is 13.2 Å². The predicted molar refractivity (Wildman–Crippen MR) is 85.7 cm³/mol. The van der Waals surface area contributed by atoms with Crippen LogP contribution in [0.5, 0.6) is 0 Å². The average Bonchev–Trinajstić information content (AvgIpc) is 2.32. The first-order valence-corrected chi connectivity index (χ1v) is 9.95. The number of halogens is 3. The van der Waals surface area contributed by atoms with Crippen LogP contribution in [0.3, 0.4) is 0 Å². The van der Waals surface area contributed by atoms with Crippen molar-refractivity contribution in [2.45, 2.75) is 56.5 Å². The number of rotatable bonds is 1. The van der Waals surface area contributed by atoms with Crippen LogP contribution in [0.1, 0.15) is 56.7 Å². The number of hydrogen-bond donors (Lipinski definition) is 0. The average molecular weight is 318 g/mol. The van der Waals surface area contributed by atoms with E-state index in [4.69, 9.17) is 0 Å². The summed E-state index contributed by atoms with van der Waals surface area (Å²) in [4.78, 5) is 1.18. The van der Waals surface area contributed by atoms with Gasteiger partial charge in [-0.3, -0.25) is 0 Å². The van der Waals surface area contributed by atoms with Crippen LogP contribution in [0.25, 0.3) is 0 Å². The first-order chi connectivity index (χ1) is 9.36. The minimum absolute atomic E-state index is 0.118. The van der Waals surface area contributed by atoms with Crippen LogP contribution in [0.4, 0.5) is 13.2 Å². The zero-order valence-corrected chi connectivity index (χ0v) is 14.5. The molecule has 0 atom stereocenters. The third-order valence-electron chi connectivity index (χ3n) is 4.64. The summed E-state index contributed by atoms with van der Waals surface area (Å²) in [6.07, 6.45) is 1.12. The van der Waals surface area contributed by atoms with Crippen molar-refractivity contribution in [2.75, 3.05) is 18.3 Å². The SMILES string of the molecule is CC(C)c1cc2c(cc1C(F)(F)F)C(C)(C)CCS2(C)C. The zero-order valence-electron chi connectivity index (χ0n) is 13.7. The fourth-order valence-corrected chi connectivity index (χ4v) is 5.68. The quantitative estimate of drug-likeness (QED) is 0.601. The first-order valence-electron chi connectivity index (χ1n) is 7.33. The molecule has 0 saturated heterocycles. The van der Waals surface area contributed by atoms with Crippen molar-refractivity contribution in [1.29, 1.82) is 0 Å². The second kappa shape index (κ2) is 4.94. The minimum Gasteiger partial charge on any atom is -0.220 e. The van der Waals surface area contributed by atoms with Crippen LogP contribution in [0.15, 0.2) is 17.0 Å². The second-order valence-electron chi connectivity index (χ2n) is 7.46. The van der Waals surface area contributed by atoms with Gasteiger partial charge in [-0.15, -0.1) is 0 Å². The molecule has 0 aromatic heterocycles. The van der Waals surface area contributed by atoms with Gasteiger partial charge < -0.3 is 0 Å². The van der Waals surface area contributed by atoms with Crippen molar-refractivity contribution in [2.24, 2.45) is 0 Å². The van der Waals surface area contributed by atoms with Gasteiger partial charge in [-0.25, -0.2) is 10.0 Å². The molecule has 0 nitrogen and oxygen atoms in total. The van der Waals surface area contributed by atoms with Crippen molar-refractivity contribution < 1.29 is 13.2 Å². The van der Waals surface area contributed by atoms with Gasteiger partial charge >= 0.3 is 6.18 Å². The molecule has 0 saturated carbocycles. The smallest absolute Gasteiger partial charge is 0.220 e. The van der Waals surface area contributed by atoms with E-state index in [1.807, 2.05) is 19.9 Å². The Morgan fingerprint density at radius 3 is 2.19 bits per heavy atom. The third kappa shape index (κ3) is 2.96. The maximum atomic E-state index is 13.4. The molecule has 0 N–H and O–H groups in total. The van der Waals surface area contributed by atoms with E-state index < -0.39 is 21.8 Å². The highest BCUT2D eigenvalue weighted by molar-refractivity contribution is 8.32. The summed E-state index contributed by atoms with van der Waals surface area (Å²) in [7, 11) is -0.999. The summed E-state index contributed by atoms with van der Waals surface area (Å²) in [5.41, 5.74) is 0.735. The lowest BCUT2D eigenvalue weighted by molar-refractivity contribution is -0.138. The molecule has 1 aromatic rings. The Labute approximate surface area is 127 Å². The Morgan fingerprint density at radius 1 is 1.14 bits per heavy atom. The molecule has 4 heteroatoms. The summed E-state index contributed by atoms with van der Waals surface area (Å²) in [6, 6.07) is 3.30. The Kier molecular flexibility index (Phi) is 3.93. The van der Waals surface area contributed by atoms with E-state index in [1.54, 1.807) is 0 Å². The fraction of sp³-hybridized carbons (Fsp3) is 0.647. The van der Waals surface area contributed by atoms with Gasteiger partial charge in [0.15, 0.2) is 0 Å². The van der Waals surface area contributed by atoms with Gasteiger partial charge in [0, 0.05) is 0 Å². The molecule has 1 aromatic carbocycles. The number of hydrogen-bond acceptors (Lipinski definition) is 0. The molecule has 2 rings (SSSR count). The third-order valence-corrected chi connectivity index (χ3v) is 7.39. The lowest BCUT2D eigenvalue weighted by atomic mass is 9.79. The van der Waals surface area contributed by atoms with Crippen LogP contribution in [-0.4, -0.2) is 18.3 Å².